The zero-order valence-corrected chi connectivity index (χ0v) is 14.0. The van der Waals surface area contributed by atoms with Gasteiger partial charge in [0.25, 0.3) is 0 Å². The number of hydrogen-bond donors (Lipinski definition) is 0. The van der Waals surface area contributed by atoms with Crippen LogP contribution in [0.2, 0.25) is 5.02 Å². The number of pyridine rings is 1. The van der Waals surface area contributed by atoms with Gasteiger partial charge in [0.05, 0.1) is 0 Å². The van der Waals surface area contributed by atoms with Crippen LogP contribution in [0, 0.1) is 5.82 Å². The van der Waals surface area contributed by atoms with Gasteiger partial charge in [-0.15, -0.1) is 0 Å². The number of hydrogen-bond acceptors (Lipinski definition) is 3. The van der Waals surface area contributed by atoms with E-state index in [1.807, 2.05) is 18.2 Å². The third kappa shape index (κ3) is 3.70. The molecule has 0 amide bonds. The summed E-state index contributed by atoms with van der Waals surface area (Å²) in [5.41, 5.74) is 3.35. The molecule has 0 spiro atoms. The Labute approximate surface area is 146 Å². The molecular weight excluding hydrogens is 349 g/mol. The maximum absolute atomic E-state index is 14.2. The molecule has 1 atom stereocenters. The molecule has 0 aliphatic heterocycles. The summed E-state index contributed by atoms with van der Waals surface area (Å²) in [6, 6.07) is 13.7. The van der Waals surface area contributed by atoms with Gasteiger partial charge in [0.1, 0.15) is 5.82 Å². The molecule has 1 heterocycles. The van der Waals surface area contributed by atoms with Crippen molar-refractivity contribution in [1.82, 2.24) is 4.98 Å². The first-order valence-electron chi connectivity index (χ1n) is 7.09. The number of nitrogens with zero attached hydrogens (tertiary/aromatic N) is 1. The molecule has 0 aliphatic carbocycles. The first kappa shape index (κ1) is 16.8. The molecule has 0 saturated carbocycles. The fourth-order valence-corrected chi connectivity index (χ4v) is 3.08. The van der Waals surface area contributed by atoms with Crippen molar-refractivity contribution in [2.24, 2.45) is 0 Å². The predicted octanol–water partition coefficient (Wildman–Crippen LogP) is 4.59. The molecule has 0 radical (unpaired) electrons. The first-order valence-corrected chi connectivity index (χ1v) is 8.71. The third-order valence-electron chi connectivity index (χ3n) is 3.61. The fourth-order valence-electron chi connectivity index (χ4n) is 2.46. The largest absolute Gasteiger partial charge is 0.772 e. The van der Waals surface area contributed by atoms with Gasteiger partial charge in [-0.25, -0.2) is 4.39 Å². The average molecular weight is 361 g/mol. The average Bonchev–Trinajstić information content (AvgIpc) is 2.57. The third-order valence-corrected chi connectivity index (χ3v) is 4.41. The van der Waals surface area contributed by atoms with Gasteiger partial charge in [0.2, 0.25) is 0 Å². The summed E-state index contributed by atoms with van der Waals surface area (Å²) in [4.78, 5) is 4.12. The van der Waals surface area contributed by atoms with E-state index in [1.165, 1.54) is 12.1 Å². The highest BCUT2D eigenvalue weighted by Gasteiger charge is 2.10. The van der Waals surface area contributed by atoms with Gasteiger partial charge < -0.3 is 4.55 Å². The molecule has 2 aromatic carbocycles. The van der Waals surface area contributed by atoms with E-state index in [1.54, 1.807) is 30.6 Å². The van der Waals surface area contributed by atoms with Crippen molar-refractivity contribution in [3.05, 3.63) is 77.3 Å². The van der Waals surface area contributed by atoms with E-state index in [-0.39, 0.29) is 11.3 Å². The second kappa shape index (κ2) is 7.21. The minimum absolute atomic E-state index is 0.143. The van der Waals surface area contributed by atoms with E-state index >= 15 is 0 Å². The van der Waals surface area contributed by atoms with Crippen LogP contribution in [0.3, 0.4) is 0 Å². The highest BCUT2D eigenvalue weighted by atomic mass is 35.5. The van der Waals surface area contributed by atoms with Gasteiger partial charge in [-0.05, 0) is 46.5 Å². The van der Waals surface area contributed by atoms with Gasteiger partial charge in [0.15, 0.2) is 0 Å². The van der Waals surface area contributed by atoms with Crippen molar-refractivity contribution in [3.63, 3.8) is 0 Å². The van der Waals surface area contributed by atoms with E-state index in [9.17, 15) is 13.2 Å². The lowest BCUT2D eigenvalue weighted by molar-refractivity contribution is 0.533. The van der Waals surface area contributed by atoms with Crippen molar-refractivity contribution in [2.45, 2.75) is 5.75 Å². The van der Waals surface area contributed by atoms with Crippen molar-refractivity contribution in [1.29, 1.82) is 0 Å². The van der Waals surface area contributed by atoms with Crippen LogP contribution in [0.15, 0.2) is 60.9 Å². The summed E-state index contributed by atoms with van der Waals surface area (Å²) in [7, 11) is 0. The maximum atomic E-state index is 14.2. The molecule has 0 aliphatic rings. The Balaban J connectivity index is 2.06. The number of halogens is 2. The Kier molecular flexibility index (Phi) is 5.04. The zero-order chi connectivity index (χ0) is 17.1. The second-order valence-electron chi connectivity index (χ2n) is 5.18. The normalized spacial score (nSPS) is 12.1. The molecule has 0 N–H and O–H groups in total. The molecule has 0 fully saturated rings. The molecule has 1 aromatic heterocycles. The van der Waals surface area contributed by atoms with Crippen LogP contribution >= 0.6 is 11.6 Å². The summed E-state index contributed by atoms with van der Waals surface area (Å²) in [6.07, 6.45) is 3.32. The lowest BCUT2D eigenvalue weighted by Gasteiger charge is -2.12. The second-order valence-corrected chi connectivity index (χ2v) is 6.52. The SMILES string of the molecule is O=S([O-])Cc1ccc(-c2cnccc2-c2ccc(Cl)cc2)cc1F. The van der Waals surface area contributed by atoms with E-state index in [0.717, 1.165) is 16.7 Å². The molecule has 122 valence electrons. The first-order chi connectivity index (χ1) is 11.5. The van der Waals surface area contributed by atoms with E-state index < -0.39 is 16.9 Å². The molecule has 6 heteroatoms. The molecule has 1 unspecified atom stereocenters. The summed E-state index contributed by atoms with van der Waals surface area (Å²) in [5.74, 6) is -0.897. The highest BCUT2D eigenvalue weighted by molar-refractivity contribution is 7.78. The van der Waals surface area contributed by atoms with Crippen LogP contribution in [0.4, 0.5) is 4.39 Å². The summed E-state index contributed by atoms with van der Waals surface area (Å²) < 4.78 is 35.7. The Bertz CT molecular complexity index is 900. The summed E-state index contributed by atoms with van der Waals surface area (Å²) in [6.45, 7) is 0. The summed E-state index contributed by atoms with van der Waals surface area (Å²) in [5, 5.41) is 0.635. The van der Waals surface area contributed by atoms with Gasteiger partial charge in [0, 0.05) is 28.7 Å². The molecule has 24 heavy (non-hydrogen) atoms. The molecule has 0 bridgehead atoms. The predicted molar refractivity (Wildman–Crippen MR) is 92.7 cm³/mol. The minimum Gasteiger partial charge on any atom is -0.772 e. The smallest absolute Gasteiger partial charge is 0.127 e. The van der Waals surface area contributed by atoms with Crippen LogP contribution in [-0.4, -0.2) is 13.7 Å². The zero-order valence-electron chi connectivity index (χ0n) is 12.4. The van der Waals surface area contributed by atoms with Crippen molar-refractivity contribution in [3.8, 4) is 22.3 Å². The quantitative estimate of drug-likeness (QED) is 0.639. The van der Waals surface area contributed by atoms with E-state index in [2.05, 4.69) is 4.98 Å². The van der Waals surface area contributed by atoms with Crippen LogP contribution in [0.5, 0.6) is 0 Å². The number of rotatable bonds is 4. The Morgan fingerprint density at radius 1 is 1.04 bits per heavy atom. The van der Waals surface area contributed by atoms with Gasteiger partial charge in [-0.1, -0.05) is 46.9 Å². The molecule has 0 saturated heterocycles. The standard InChI is InChI=1S/C18H13ClFNO2S/c19-15-5-3-12(4-6-15)16-7-8-21-10-17(16)13-1-2-14(11-24(22)23)18(20)9-13/h1-10H,11H2,(H,22,23)/p-1. The van der Waals surface area contributed by atoms with E-state index in [0.29, 0.717) is 10.6 Å². The van der Waals surface area contributed by atoms with Crippen molar-refractivity contribution >= 4 is 22.7 Å². The molecular formula is C18H12ClFNO2S-. The highest BCUT2D eigenvalue weighted by Crippen LogP contribution is 2.32. The molecule has 3 aromatic rings. The fraction of sp³-hybridized carbons (Fsp3) is 0.0556. The van der Waals surface area contributed by atoms with Crippen LogP contribution in [-0.2, 0) is 16.8 Å². The van der Waals surface area contributed by atoms with Gasteiger partial charge >= 0.3 is 0 Å². The van der Waals surface area contributed by atoms with Gasteiger partial charge in [-0.2, -0.15) is 0 Å². The minimum atomic E-state index is -2.33. The number of aromatic nitrogens is 1. The molecule has 3 rings (SSSR count). The maximum Gasteiger partial charge on any atom is 0.127 e. The Hall–Kier alpha value is -2.08. The summed E-state index contributed by atoms with van der Waals surface area (Å²) >= 11 is 3.59. The van der Waals surface area contributed by atoms with Crippen LogP contribution < -0.4 is 0 Å². The van der Waals surface area contributed by atoms with Crippen molar-refractivity contribution in [2.75, 3.05) is 0 Å². The monoisotopic (exact) mass is 360 g/mol. The van der Waals surface area contributed by atoms with E-state index in [4.69, 9.17) is 11.6 Å². The topological polar surface area (TPSA) is 53.0 Å². The molecule has 3 nitrogen and oxygen atoms in total. The Morgan fingerprint density at radius 3 is 2.42 bits per heavy atom. The lowest BCUT2D eigenvalue weighted by atomic mass is 9.96. The number of benzene rings is 2. The van der Waals surface area contributed by atoms with Crippen LogP contribution in [0.1, 0.15) is 5.56 Å². The van der Waals surface area contributed by atoms with Crippen molar-refractivity contribution < 1.29 is 13.2 Å². The van der Waals surface area contributed by atoms with Crippen LogP contribution in [0.25, 0.3) is 22.3 Å². The lowest BCUT2D eigenvalue weighted by Crippen LogP contribution is -1.97. The Morgan fingerprint density at radius 2 is 1.75 bits per heavy atom. The van der Waals surface area contributed by atoms with Gasteiger partial charge in [-0.3, -0.25) is 9.19 Å².